The third-order valence-corrected chi connectivity index (χ3v) is 4.00. The van der Waals surface area contributed by atoms with E-state index in [0.717, 1.165) is 25.0 Å². The van der Waals surface area contributed by atoms with E-state index in [1.54, 1.807) is 0 Å². The van der Waals surface area contributed by atoms with Gasteiger partial charge in [0.2, 0.25) is 0 Å². The predicted molar refractivity (Wildman–Crippen MR) is 82.1 cm³/mol. The summed E-state index contributed by atoms with van der Waals surface area (Å²) in [5, 5.41) is 3.48. The van der Waals surface area contributed by atoms with Crippen LogP contribution in [0, 0.1) is 5.92 Å². The highest BCUT2D eigenvalue weighted by Crippen LogP contribution is 2.24. The molecule has 1 saturated heterocycles. The van der Waals surface area contributed by atoms with E-state index in [-0.39, 0.29) is 0 Å². The van der Waals surface area contributed by atoms with Crippen molar-refractivity contribution in [1.29, 1.82) is 0 Å². The van der Waals surface area contributed by atoms with Crippen LogP contribution < -0.4 is 5.32 Å². The molecule has 1 N–H and O–H groups in total. The minimum absolute atomic E-state index is 0.545. The smallest absolute Gasteiger partial charge is 0.0236 e. The molecule has 1 aromatic rings. The zero-order valence-electron chi connectivity index (χ0n) is 12.8. The van der Waals surface area contributed by atoms with Crippen molar-refractivity contribution in [2.24, 2.45) is 5.92 Å². The van der Waals surface area contributed by atoms with Crippen molar-refractivity contribution in [3.05, 3.63) is 35.4 Å². The highest BCUT2D eigenvalue weighted by molar-refractivity contribution is 5.23. The minimum atomic E-state index is 0.545. The SMILES string of the molecule is CC1CC(C)N(Cc2cccc(CNC(C)C)c2)C1. The van der Waals surface area contributed by atoms with Gasteiger partial charge in [-0.3, -0.25) is 4.90 Å². The molecule has 2 unspecified atom stereocenters. The number of benzene rings is 1. The Hall–Kier alpha value is -0.860. The van der Waals surface area contributed by atoms with E-state index in [4.69, 9.17) is 0 Å². The summed E-state index contributed by atoms with van der Waals surface area (Å²) in [5.41, 5.74) is 2.84. The molecule has 0 radical (unpaired) electrons. The molecule has 0 aromatic heterocycles. The van der Waals surface area contributed by atoms with Gasteiger partial charge in [-0.25, -0.2) is 0 Å². The van der Waals surface area contributed by atoms with Crippen molar-refractivity contribution in [3.63, 3.8) is 0 Å². The number of nitrogens with one attached hydrogen (secondary N) is 1. The fourth-order valence-electron chi connectivity index (χ4n) is 3.00. The van der Waals surface area contributed by atoms with Gasteiger partial charge in [0.1, 0.15) is 0 Å². The summed E-state index contributed by atoms with van der Waals surface area (Å²) in [6.07, 6.45) is 1.34. The average molecular weight is 260 g/mol. The molecular formula is C17H28N2. The summed E-state index contributed by atoms with van der Waals surface area (Å²) >= 11 is 0. The second-order valence-electron chi connectivity index (χ2n) is 6.47. The van der Waals surface area contributed by atoms with Gasteiger partial charge in [0.05, 0.1) is 0 Å². The second-order valence-corrected chi connectivity index (χ2v) is 6.47. The lowest BCUT2D eigenvalue weighted by Crippen LogP contribution is -2.26. The van der Waals surface area contributed by atoms with Gasteiger partial charge in [-0.15, -0.1) is 0 Å². The van der Waals surface area contributed by atoms with Gasteiger partial charge in [-0.1, -0.05) is 45.0 Å². The Bertz CT molecular complexity index is 400. The Labute approximate surface area is 118 Å². The van der Waals surface area contributed by atoms with E-state index in [1.165, 1.54) is 24.1 Å². The Morgan fingerprint density at radius 2 is 2.00 bits per heavy atom. The van der Waals surface area contributed by atoms with Crippen molar-refractivity contribution < 1.29 is 0 Å². The van der Waals surface area contributed by atoms with Crippen LogP contribution >= 0.6 is 0 Å². The van der Waals surface area contributed by atoms with E-state index in [2.05, 4.69) is 62.2 Å². The third-order valence-electron chi connectivity index (χ3n) is 4.00. The summed E-state index contributed by atoms with van der Waals surface area (Å²) in [4.78, 5) is 2.61. The summed E-state index contributed by atoms with van der Waals surface area (Å²) in [7, 11) is 0. The maximum atomic E-state index is 3.48. The molecule has 1 fully saturated rings. The van der Waals surface area contributed by atoms with Crippen LogP contribution in [0.4, 0.5) is 0 Å². The zero-order valence-corrected chi connectivity index (χ0v) is 12.8. The predicted octanol–water partition coefficient (Wildman–Crippen LogP) is 3.41. The summed E-state index contributed by atoms with van der Waals surface area (Å²) < 4.78 is 0. The quantitative estimate of drug-likeness (QED) is 0.872. The molecule has 2 atom stereocenters. The van der Waals surface area contributed by atoms with Crippen LogP contribution in [0.15, 0.2) is 24.3 Å². The Balaban J connectivity index is 1.95. The number of rotatable bonds is 5. The van der Waals surface area contributed by atoms with Gasteiger partial charge in [-0.2, -0.15) is 0 Å². The summed E-state index contributed by atoms with van der Waals surface area (Å²) in [6, 6.07) is 10.3. The molecule has 0 amide bonds. The summed E-state index contributed by atoms with van der Waals surface area (Å²) in [6.45, 7) is 12.4. The molecule has 106 valence electrons. The van der Waals surface area contributed by atoms with Crippen molar-refractivity contribution in [2.75, 3.05) is 6.54 Å². The number of nitrogens with zero attached hydrogens (tertiary/aromatic N) is 1. The Kier molecular flexibility index (Phi) is 5.00. The van der Waals surface area contributed by atoms with Crippen molar-refractivity contribution >= 4 is 0 Å². The molecule has 2 nitrogen and oxygen atoms in total. The van der Waals surface area contributed by atoms with Gasteiger partial charge >= 0.3 is 0 Å². The van der Waals surface area contributed by atoms with E-state index in [0.29, 0.717) is 6.04 Å². The third kappa shape index (κ3) is 4.32. The maximum Gasteiger partial charge on any atom is 0.0236 e. The minimum Gasteiger partial charge on any atom is -0.310 e. The molecule has 0 aliphatic carbocycles. The molecule has 0 bridgehead atoms. The van der Waals surface area contributed by atoms with E-state index in [1.807, 2.05) is 0 Å². The first-order chi connectivity index (χ1) is 9.04. The largest absolute Gasteiger partial charge is 0.310 e. The topological polar surface area (TPSA) is 15.3 Å². The zero-order chi connectivity index (χ0) is 13.8. The first-order valence-corrected chi connectivity index (χ1v) is 7.60. The van der Waals surface area contributed by atoms with Gasteiger partial charge in [0.25, 0.3) is 0 Å². The molecule has 1 aliphatic heterocycles. The molecule has 1 heterocycles. The fourth-order valence-corrected chi connectivity index (χ4v) is 3.00. The van der Waals surface area contributed by atoms with Crippen LogP contribution in [0.3, 0.4) is 0 Å². The number of hydrogen-bond donors (Lipinski definition) is 1. The van der Waals surface area contributed by atoms with Gasteiger partial charge in [0.15, 0.2) is 0 Å². The van der Waals surface area contributed by atoms with Crippen molar-refractivity contribution in [2.45, 2.75) is 59.3 Å². The molecule has 2 rings (SSSR count). The molecule has 2 heteroatoms. The van der Waals surface area contributed by atoms with Gasteiger partial charge < -0.3 is 5.32 Å². The van der Waals surface area contributed by atoms with Crippen LogP contribution in [0.2, 0.25) is 0 Å². The van der Waals surface area contributed by atoms with Crippen molar-refractivity contribution in [1.82, 2.24) is 10.2 Å². The molecule has 1 aromatic carbocycles. The molecule has 1 aliphatic rings. The second kappa shape index (κ2) is 6.53. The van der Waals surface area contributed by atoms with Crippen LogP contribution in [0.25, 0.3) is 0 Å². The van der Waals surface area contributed by atoms with Crippen molar-refractivity contribution in [3.8, 4) is 0 Å². The lowest BCUT2D eigenvalue weighted by Gasteiger charge is -2.21. The normalized spacial score (nSPS) is 24.3. The summed E-state index contributed by atoms with van der Waals surface area (Å²) in [5.74, 6) is 0.848. The highest BCUT2D eigenvalue weighted by atomic mass is 15.2. The molecule has 19 heavy (non-hydrogen) atoms. The van der Waals surface area contributed by atoms with Gasteiger partial charge in [-0.05, 0) is 30.4 Å². The average Bonchev–Trinajstić information content (AvgIpc) is 2.66. The van der Waals surface area contributed by atoms with E-state index >= 15 is 0 Å². The number of likely N-dealkylation sites (tertiary alicyclic amines) is 1. The van der Waals surface area contributed by atoms with Crippen LogP contribution in [0.5, 0.6) is 0 Å². The Morgan fingerprint density at radius 3 is 2.63 bits per heavy atom. The lowest BCUT2D eigenvalue weighted by molar-refractivity contribution is 0.256. The first-order valence-electron chi connectivity index (χ1n) is 7.60. The molecular weight excluding hydrogens is 232 g/mol. The van der Waals surface area contributed by atoms with Gasteiger partial charge in [0, 0.05) is 31.7 Å². The van der Waals surface area contributed by atoms with Crippen LogP contribution in [-0.4, -0.2) is 23.5 Å². The Morgan fingerprint density at radius 1 is 1.26 bits per heavy atom. The van der Waals surface area contributed by atoms with E-state index < -0.39 is 0 Å². The maximum absolute atomic E-state index is 3.48. The monoisotopic (exact) mass is 260 g/mol. The van der Waals surface area contributed by atoms with Crippen LogP contribution in [0.1, 0.15) is 45.2 Å². The lowest BCUT2D eigenvalue weighted by atomic mass is 10.1. The number of hydrogen-bond acceptors (Lipinski definition) is 2. The molecule has 0 spiro atoms. The highest BCUT2D eigenvalue weighted by Gasteiger charge is 2.25. The fraction of sp³-hybridized carbons (Fsp3) is 0.647. The van der Waals surface area contributed by atoms with E-state index in [9.17, 15) is 0 Å². The van der Waals surface area contributed by atoms with Crippen LogP contribution in [-0.2, 0) is 13.1 Å². The standard InChI is InChI=1S/C17H28N2/c1-13(2)18-10-16-6-5-7-17(9-16)12-19-11-14(3)8-15(19)4/h5-7,9,13-15,18H,8,10-12H2,1-4H3. The molecule has 0 saturated carbocycles. The first kappa shape index (κ1) is 14.5.